The molecule has 0 aliphatic rings. The molecule has 0 radical (unpaired) electrons. The van der Waals surface area contributed by atoms with Gasteiger partial charge in [0.05, 0.1) is 12.1 Å². The van der Waals surface area contributed by atoms with Crippen molar-refractivity contribution in [2.45, 2.75) is 6.92 Å². The van der Waals surface area contributed by atoms with Crippen LogP contribution in [0.25, 0.3) is 10.9 Å². The molecule has 0 fully saturated rings. The minimum Gasteiger partial charge on any atom is -0.492 e. The second-order valence-corrected chi connectivity index (χ2v) is 5.72. The highest BCUT2D eigenvalue weighted by atomic mass is 16.5. The molecule has 0 bridgehead atoms. The van der Waals surface area contributed by atoms with Gasteiger partial charge < -0.3 is 15.4 Å². The second kappa shape index (κ2) is 8.11. The molecule has 0 atom stereocenters. The third-order valence-corrected chi connectivity index (χ3v) is 3.78. The third kappa shape index (κ3) is 4.57. The Kier molecular flexibility index (Phi) is 5.43. The summed E-state index contributed by atoms with van der Waals surface area (Å²) in [6.45, 7) is 2.21. The molecule has 2 aromatic carbocycles. The van der Waals surface area contributed by atoms with E-state index in [4.69, 9.17) is 4.74 Å². The normalized spacial score (nSPS) is 10.3. The molecule has 26 heavy (non-hydrogen) atoms. The Labute approximate surface area is 151 Å². The van der Waals surface area contributed by atoms with E-state index in [1.807, 2.05) is 30.3 Å². The fourth-order valence-electron chi connectivity index (χ4n) is 2.44. The number of carbonyl (C=O) groups excluding carboxylic acids is 2. The van der Waals surface area contributed by atoms with E-state index < -0.39 is 0 Å². The Morgan fingerprint density at radius 2 is 1.88 bits per heavy atom. The maximum atomic E-state index is 11.9. The van der Waals surface area contributed by atoms with E-state index in [2.05, 4.69) is 15.6 Å². The Bertz CT molecular complexity index is 923. The van der Waals surface area contributed by atoms with E-state index in [1.165, 1.54) is 6.92 Å². The maximum absolute atomic E-state index is 11.9. The number of carbonyl (C=O) groups is 2. The van der Waals surface area contributed by atoms with Gasteiger partial charge in [0.25, 0.3) is 0 Å². The summed E-state index contributed by atoms with van der Waals surface area (Å²) in [6.07, 6.45) is 1.75. The van der Waals surface area contributed by atoms with Gasteiger partial charge in [0, 0.05) is 22.8 Å². The first kappa shape index (κ1) is 17.4. The zero-order valence-corrected chi connectivity index (χ0v) is 14.4. The van der Waals surface area contributed by atoms with Crippen LogP contribution in [0, 0.1) is 0 Å². The van der Waals surface area contributed by atoms with Crippen LogP contribution in [0.3, 0.4) is 0 Å². The molecule has 0 unspecified atom stereocenters. The molecular weight excluding hydrogens is 330 g/mol. The zero-order valence-electron chi connectivity index (χ0n) is 14.4. The molecule has 1 aromatic heterocycles. The lowest BCUT2D eigenvalue weighted by Crippen LogP contribution is -2.32. The number of fused-ring (bicyclic) bond motifs is 1. The summed E-state index contributed by atoms with van der Waals surface area (Å²) in [4.78, 5) is 27.3. The highest BCUT2D eigenvalue weighted by molar-refractivity contribution is 5.95. The molecule has 0 saturated heterocycles. The lowest BCUT2D eigenvalue weighted by atomic mass is 10.1. The molecule has 2 amide bonds. The number of Topliss-reactive ketones (excluding diaryl/α,β-unsaturated/α-hetero) is 1. The molecule has 0 spiro atoms. The minimum absolute atomic E-state index is 0.0115. The second-order valence-electron chi connectivity index (χ2n) is 5.72. The van der Waals surface area contributed by atoms with Crippen molar-refractivity contribution in [2.24, 2.45) is 0 Å². The number of ketones is 1. The lowest BCUT2D eigenvalue weighted by molar-refractivity contribution is 0.101. The number of hydrogen-bond donors (Lipinski definition) is 2. The molecule has 0 aliphatic carbocycles. The number of amides is 2. The summed E-state index contributed by atoms with van der Waals surface area (Å²) in [5.74, 6) is 0.718. The standard InChI is InChI=1S/C20H19N3O3/c1-14(24)15-4-6-17(7-5-15)23-20(25)22-11-12-26-18-8-9-19-16(13-18)3-2-10-21-19/h2-10,13H,11-12H2,1H3,(H2,22,23,25). The number of anilines is 1. The van der Waals surface area contributed by atoms with E-state index in [1.54, 1.807) is 30.5 Å². The summed E-state index contributed by atoms with van der Waals surface area (Å²) in [6, 6.07) is 15.9. The van der Waals surface area contributed by atoms with Gasteiger partial charge in [0.1, 0.15) is 12.4 Å². The van der Waals surface area contributed by atoms with Gasteiger partial charge in [-0.1, -0.05) is 6.07 Å². The number of nitrogens with one attached hydrogen (secondary N) is 2. The highest BCUT2D eigenvalue weighted by Gasteiger charge is 2.03. The Balaban J connectivity index is 1.43. The van der Waals surface area contributed by atoms with Gasteiger partial charge in [-0.3, -0.25) is 9.78 Å². The van der Waals surface area contributed by atoms with Crippen LogP contribution < -0.4 is 15.4 Å². The van der Waals surface area contributed by atoms with Gasteiger partial charge in [-0.15, -0.1) is 0 Å². The van der Waals surface area contributed by atoms with E-state index >= 15 is 0 Å². The monoisotopic (exact) mass is 349 g/mol. The van der Waals surface area contributed by atoms with Gasteiger partial charge in [-0.25, -0.2) is 4.79 Å². The van der Waals surface area contributed by atoms with Crippen molar-refractivity contribution in [2.75, 3.05) is 18.5 Å². The number of pyridine rings is 1. The summed E-state index contributed by atoms with van der Waals surface area (Å²) >= 11 is 0. The van der Waals surface area contributed by atoms with Crippen molar-refractivity contribution >= 4 is 28.4 Å². The van der Waals surface area contributed by atoms with Crippen molar-refractivity contribution in [3.8, 4) is 5.75 Å². The SMILES string of the molecule is CC(=O)c1ccc(NC(=O)NCCOc2ccc3ncccc3c2)cc1. The van der Waals surface area contributed by atoms with Crippen LogP contribution in [0.15, 0.2) is 60.8 Å². The van der Waals surface area contributed by atoms with Gasteiger partial charge in [0.15, 0.2) is 5.78 Å². The molecule has 0 aliphatic heterocycles. The number of ether oxygens (including phenoxy) is 1. The molecule has 6 nitrogen and oxygen atoms in total. The Morgan fingerprint density at radius 1 is 1.08 bits per heavy atom. The van der Waals surface area contributed by atoms with Crippen molar-refractivity contribution < 1.29 is 14.3 Å². The first-order valence-corrected chi connectivity index (χ1v) is 8.25. The molecule has 3 rings (SSSR count). The fourth-order valence-corrected chi connectivity index (χ4v) is 2.44. The van der Waals surface area contributed by atoms with Crippen LogP contribution in [-0.4, -0.2) is 29.9 Å². The number of urea groups is 1. The molecular formula is C20H19N3O3. The highest BCUT2D eigenvalue weighted by Crippen LogP contribution is 2.18. The summed E-state index contributed by atoms with van der Waals surface area (Å²) in [5.41, 5.74) is 2.14. The average Bonchev–Trinajstić information content (AvgIpc) is 2.65. The van der Waals surface area contributed by atoms with Crippen LogP contribution in [0.5, 0.6) is 5.75 Å². The topological polar surface area (TPSA) is 80.3 Å². The van der Waals surface area contributed by atoms with Crippen molar-refractivity contribution in [1.29, 1.82) is 0 Å². The minimum atomic E-state index is -0.327. The van der Waals surface area contributed by atoms with Gasteiger partial charge in [-0.05, 0) is 55.5 Å². The van der Waals surface area contributed by atoms with Gasteiger partial charge in [-0.2, -0.15) is 0 Å². The summed E-state index contributed by atoms with van der Waals surface area (Å²) < 4.78 is 5.65. The first-order valence-electron chi connectivity index (χ1n) is 8.25. The molecule has 6 heteroatoms. The van der Waals surface area contributed by atoms with Crippen LogP contribution in [0.4, 0.5) is 10.5 Å². The van der Waals surface area contributed by atoms with E-state index in [9.17, 15) is 9.59 Å². The molecule has 3 aromatic rings. The largest absolute Gasteiger partial charge is 0.492 e. The molecule has 2 N–H and O–H groups in total. The van der Waals surface area contributed by atoms with E-state index in [-0.39, 0.29) is 11.8 Å². The number of hydrogen-bond acceptors (Lipinski definition) is 4. The van der Waals surface area contributed by atoms with E-state index in [0.29, 0.717) is 24.4 Å². The molecule has 132 valence electrons. The van der Waals surface area contributed by atoms with Crippen molar-refractivity contribution in [3.05, 3.63) is 66.4 Å². The maximum Gasteiger partial charge on any atom is 0.319 e. The number of rotatable bonds is 6. The summed E-state index contributed by atoms with van der Waals surface area (Å²) in [7, 11) is 0. The summed E-state index contributed by atoms with van der Waals surface area (Å²) in [5, 5.41) is 6.43. The molecule has 1 heterocycles. The van der Waals surface area contributed by atoms with Crippen molar-refractivity contribution in [1.82, 2.24) is 10.3 Å². The van der Waals surface area contributed by atoms with Crippen molar-refractivity contribution in [3.63, 3.8) is 0 Å². The quantitative estimate of drug-likeness (QED) is 0.526. The van der Waals surface area contributed by atoms with E-state index in [0.717, 1.165) is 16.7 Å². The first-order chi connectivity index (χ1) is 12.6. The number of benzene rings is 2. The Morgan fingerprint density at radius 3 is 2.65 bits per heavy atom. The van der Waals surface area contributed by atoms with Gasteiger partial charge >= 0.3 is 6.03 Å². The number of nitrogens with zero attached hydrogens (tertiary/aromatic N) is 1. The lowest BCUT2D eigenvalue weighted by Gasteiger charge is -2.10. The zero-order chi connectivity index (χ0) is 18.4. The van der Waals surface area contributed by atoms with Gasteiger partial charge in [0.2, 0.25) is 0 Å². The van der Waals surface area contributed by atoms with Crippen LogP contribution in [0.1, 0.15) is 17.3 Å². The average molecular weight is 349 g/mol. The predicted octanol–water partition coefficient (Wildman–Crippen LogP) is 3.64. The number of aromatic nitrogens is 1. The predicted molar refractivity (Wildman–Crippen MR) is 101 cm³/mol. The third-order valence-electron chi connectivity index (χ3n) is 3.78. The van der Waals surface area contributed by atoms with Crippen LogP contribution >= 0.6 is 0 Å². The van der Waals surface area contributed by atoms with Crippen LogP contribution in [0.2, 0.25) is 0 Å². The molecule has 0 saturated carbocycles. The Hall–Kier alpha value is -3.41. The smallest absolute Gasteiger partial charge is 0.319 e. The fraction of sp³-hybridized carbons (Fsp3) is 0.150. The van der Waals surface area contributed by atoms with Crippen LogP contribution in [-0.2, 0) is 0 Å².